The number of hydrogen-bond donors (Lipinski definition) is 3. The number of nitrogens with two attached hydrogens (primary N) is 3. The average molecular weight is 644 g/mol. The molecular formula is C39H45N7O2. The van der Waals surface area contributed by atoms with Crippen LogP contribution in [-0.2, 0) is 23.2 Å². The fraction of sp³-hybridized carbons (Fsp3) is 0.282. The van der Waals surface area contributed by atoms with Crippen LogP contribution in [0.1, 0.15) is 66.7 Å². The molecule has 1 aromatic heterocycles. The Hall–Kier alpha value is -5.44. The quantitative estimate of drug-likeness (QED) is 0.0823. The number of benzene rings is 4. The number of nitrogens with zero attached hydrogens (tertiary/aromatic N) is 4. The fourth-order valence-electron chi connectivity index (χ4n) is 5.91. The maximum Gasteiger partial charge on any atom is 0.254 e. The van der Waals surface area contributed by atoms with E-state index in [0.717, 1.165) is 23.1 Å². The van der Waals surface area contributed by atoms with Crippen LogP contribution in [-0.4, -0.2) is 45.3 Å². The van der Waals surface area contributed by atoms with E-state index in [0.29, 0.717) is 54.9 Å². The van der Waals surface area contributed by atoms with E-state index >= 15 is 0 Å². The Morgan fingerprint density at radius 3 is 2.10 bits per heavy atom. The Morgan fingerprint density at radius 2 is 1.50 bits per heavy atom. The van der Waals surface area contributed by atoms with E-state index in [9.17, 15) is 9.59 Å². The van der Waals surface area contributed by atoms with Gasteiger partial charge in [-0.25, -0.2) is 4.98 Å². The van der Waals surface area contributed by atoms with Crippen molar-refractivity contribution in [1.29, 1.82) is 0 Å². The lowest BCUT2D eigenvalue weighted by Crippen LogP contribution is -2.32. The molecule has 5 aromatic rings. The zero-order chi connectivity index (χ0) is 34.3. The van der Waals surface area contributed by atoms with Gasteiger partial charge >= 0.3 is 0 Å². The zero-order valence-corrected chi connectivity index (χ0v) is 28.0. The summed E-state index contributed by atoms with van der Waals surface area (Å²) in [5.41, 5.74) is 23.1. The van der Waals surface area contributed by atoms with Gasteiger partial charge in [-0.3, -0.25) is 14.6 Å². The lowest BCUT2D eigenvalue weighted by atomic mass is 9.86. The molecule has 48 heavy (non-hydrogen) atoms. The number of guanidine groups is 1. The molecule has 2 amide bonds. The lowest BCUT2D eigenvalue weighted by molar-refractivity contribution is -0.121. The molecule has 5 rings (SSSR count). The second-order valence-corrected chi connectivity index (χ2v) is 13.2. The molecule has 4 aromatic carbocycles. The molecule has 9 heteroatoms. The number of aliphatic imine (C=N–C) groups is 1. The van der Waals surface area contributed by atoms with Gasteiger partial charge in [0, 0.05) is 30.8 Å². The molecule has 1 unspecified atom stereocenters. The van der Waals surface area contributed by atoms with Gasteiger partial charge in [0.05, 0.1) is 11.0 Å². The largest absolute Gasteiger partial charge is 0.370 e. The van der Waals surface area contributed by atoms with Crippen LogP contribution in [0.2, 0.25) is 0 Å². The molecule has 0 bridgehead atoms. The van der Waals surface area contributed by atoms with Crippen molar-refractivity contribution in [2.24, 2.45) is 22.2 Å². The van der Waals surface area contributed by atoms with E-state index in [1.54, 1.807) is 0 Å². The first-order chi connectivity index (χ1) is 23.0. The van der Waals surface area contributed by atoms with Gasteiger partial charge in [-0.2, -0.15) is 0 Å². The number of carbonyl (C=O) groups excluding carboxylic acids is 2. The summed E-state index contributed by atoms with van der Waals surface area (Å²) in [7, 11) is 0. The van der Waals surface area contributed by atoms with E-state index in [4.69, 9.17) is 22.2 Å². The van der Waals surface area contributed by atoms with Crippen LogP contribution in [0.4, 0.5) is 0 Å². The highest BCUT2D eigenvalue weighted by molar-refractivity contribution is 5.98. The standard InChI is InChI=1S/C39H45N7O2/c1-39(2,3)31-19-16-29(17-20-31)36-44-32-25-30(18-21-33(32)46(36)34(35(40)47)15-10-23-43-38(41)42)37(48)45(26-28-13-8-5-9-14-28)24-22-27-11-6-4-7-12-27/h4-9,11-14,16-21,25,34H,10,15,22-24,26H2,1-3H3,(H2,40,47)(H4,41,42,43). The first-order valence-corrected chi connectivity index (χ1v) is 16.4. The van der Waals surface area contributed by atoms with Crippen molar-refractivity contribution >= 4 is 28.8 Å². The number of hydrogen-bond acceptors (Lipinski definition) is 4. The van der Waals surface area contributed by atoms with Crippen molar-refractivity contribution in [2.75, 3.05) is 13.1 Å². The number of rotatable bonds is 13. The summed E-state index contributed by atoms with van der Waals surface area (Å²) in [5, 5.41) is 0. The molecule has 0 aliphatic rings. The third kappa shape index (κ3) is 8.28. The predicted octanol–water partition coefficient (Wildman–Crippen LogP) is 5.97. The van der Waals surface area contributed by atoms with E-state index < -0.39 is 11.9 Å². The van der Waals surface area contributed by atoms with Gasteiger partial charge in [0.1, 0.15) is 11.9 Å². The molecule has 1 atom stereocenters. The number of primary amides is 1. The third-order valence-corrected chi connectivity index (χ3v) is 8.53. The van der Waals surface area contributed by atoms with Crippen LogP contribution in [0.5, 0.6) is 0 Å². The molecule has 248 valence electrons. The monoisotopic (exact) mass is 643 g/mol. The van der Waals surface area contributed by atoms with Crippen molar-refractivity contribution in [3.63, 3.8) is 0 Å². The van der Waals surface area contributed by atoms with Gasteiger partial charge in [-0.1, -0.05) is 106 Å². The average Bonchev–Trinajstić information content (AvgIpc) is 3.45. The second-order valence-electron chi connectivity index (χ2n) is 13.2. The minimum atomic E-state index is -0.705. The van der Waals surface area contributed by atoms with Crippen LogP contribution in [0.3, 0.4) is 0 Å². The molecule has 0 saturated carbocycles. The number of amides is 2. The lowest BCUT2D eigenvalue weighted by Gasteiger charge is -2.23. The normalized spacial score (nSPS) is 12.1. The van der Waals surface area contributed by atoms with Crippen molar-refractivity contribution in [1.82, 2.24) is 14.5 Å². The smallest absolute Gasteiger partial charge is 0.254 e. The molecule has 0 aliphatic carbocycles. The van der Waals surface area contributed by atoms with Gasteiger partial charge in [0.15, 0.2) is 5.96 Å². The Labute approximate surface area is 282 Å². The van der Waals surface area contributed by atoms with Crippen LogP contribution in [0, 0.1) is 0 Å². The summed E-state index contributed by atoms with van der Waals surface area (Å²) in [4.78, 5) is 38.1. The van der Waals surface area contributed by atoms with Gasteiger partial charge in [-0.05, 0) is 59.6 Å². The van der Waals surface area contributed by atoms with Crippen LogP contribution in [0.25, 0.3) is 22.4 Å². The van der Waals surface area contributed by atoms with Gasteiger partial charge in [0.2, 0.25) is 5.91 Å². The molecule has 0 aliphatic heterocycles. The summed E-state index contributed by atoms with van der Waals surface area (Å²) >= 11 is 0. The maximum atomic E-state index is 14.2. The van der Waals surface area contributed by atoms with Gasteiger partial charge < -0.3 is 26.7 Å². The number of aromatic nitrogens is 2. The van der Waals surface area contributed by atoms with Crippen molar-refractivity contribution in [2.45, 2.75) is 58.0 Å². The Kier molecular flexibility index (Phi) is 10.6. The first kappa shape index (κ1) is 33.9. The van der Waals surface area contributed by atoms with Crippen molar-refractivity contribution in [3.05, 3.63) is 125 Å². The number of fused-ring (bicyclic) bond motifs is 1. The molecule has 1 heterocycles. The minimum Gasteiger partial charge on any atom is -0.370 e. The summed E-state index contributed by atoms with van der Waals surface area (Å²) in [6.45, 7) is 7.88. The van der Waals surface area contributed by atoms with Gasteiger partial charge in [0.25, 0.3) is 5.91 Å². The highest BCUT2D eigenvalue weighted by atomic mass is 16.2. The molecule has 0 radical (unpaired) electrons. The SMILES string of the molecule is CC(C)(C)c1ccc(-c2nc3cc(C(=O)N(CCc4ccccc4)Cc4ccccc4)ccc3n2C(CCCN=C(N)N)C(N)=O)cc1. The summed E-state index contributed by atoms with van der Waals surface area (Å²) in [6, 6.07) is 33.2. The number of carbonyl (C=O) groups is 2. The van der Waals surface area contributed by atoms with Crippen molar-refractivity contribution < 1.29 is 9.59 Å². The molecule has 0 spiro atoms. The topological polar surface area (TPSA) is 146 Å². The molecule has 9 nitrogen and oxygen atoms in total. The van der Waals surface area contributed by atoms with Crippen LogP contribution in [0.15, 0.2) is 108 Å². The van der Waals surface area contributed by atoms with E-state index in [1.807, 2.05) is 88.3 Å². The Morgan fingerprint density at radius 1 is 0.854 bits per heavy atom. The molecule has 0 fully saturated rings. The predicted molar refractivity (Wildman–Crippen MR) is 193 cm³/mol. The summed E-state index contributed by atoms with van der Waals surface area (Å²) in [6.07, 6.45) is 1.68. The molecule has 6 N–H and O–H groups in total. The van der Waals surface area contributed by atoms with Crippen LogP contribution >= 0.6 is 0 Å². The maximum absolute atomic E-state index is 14.2. The summed E-state index contributed by atoms with van der Waals surface area (Å²) in [5.74, 6) is 0.0270. The Bertz CT molecular complexity index is 1870. The Balaban J connectivity index is 1.55. The highest BCUT2D eigenvalue weighted by Gasteiger charge is 2.26. The van der Waals surface area contributed by atoms with Crippen LogP contribution < -0.4 is 17.2 Å². The summed E-state index contributed by atoms with van der Waals surface area (Å²) < 4.78 is 1.89. The first-order valence-electron chi connectivity index (χ1n) is 16.4. The second kappa shape index (κ2) is 15.0. The highest BCUT2D eigenvalue weighted by Crippen LogP contribution is 2.33. The number of imidazole rings is 1. The zero-order valence-electron chi connectivity index (χ0n) is 28.0. The fourth-order valence-corrected chi connectivity index (χ4v) is 5.91. The molecule has 0 saturated heterocycles. The van der Waals surface area contributed by atoms with E-state index in [-0.39, 0.29) is 17.3 Å². The molecular weight excluding hydrogens is 598 g/mol. The van der Waals surface area contributed by atoms with E-state index in [1.165, 1.54) is 5.56 Å². The van der Waals surface area contributed by atoms with Crippen molar-refractivity contribution in [3.8, 4) is 11.4 Å². The third-order valence-electron chi connectivity index (χ3n) is 8.53. The minimum absolute atomic E-state index is 0.000561. The van der Waals surface area contributed by atoms with E-state index in [2.05, 4.69) is 50.0 Å². The van der Waals surface area contributed by atoms with Gasteiger partial charge in [-0.15, -0.1) is 0 Å².